The van der Waals surface area contributed by atoms with E-state index in [9.17, 15) is 9.59 Å². The lowest BCUT2D eigenvalue weighted by molar-refractivity contribution is -0.212. The highest BCUT2D eigenvalue weighted by Crippen LogP contribution is 2.75. The van der Waals surface area contributed by atoms with Crippen molar-refractivity contribution in [1.82, 2.24) is 9.80 Å². The van der Waals surface area contributed by atoms with Crippen molar-refractivity contribution in [3.63, 3.8) is 0 Å². The maximum atomic E-state index is 14.6. The van der Waals surface area contributed by atoms with E-state index in [1.807, 2.05) is 0 Å². The van der Waals surface area contributed by atoms with Gasteiger partial charge >= 0.3 is 5.97 Å². The van der Waals surface area contributed by atoms with E-state index >= 15 is 0 Å². The lowest BCUT2D eigenvalue weighted by Crippen LogP contribution is -2.65. The molecule has 5 aliphatic carbocycles. The monoisotopic (exact) mass is 771 g/mol. The van der Waals surface area contributed by atoms with Crippen LogP contribution in [0.3, 0.4) is 0 Å². The predicted molar refractivity (Wildman–Crippen MR) is 233 cm³/mol. The minimum absolute atomic E-state index is 0.0134. The number of piperazine rings is 1. The van der Waals surface area contributed by atoms with Gasteiger partial charge in [-0.3, -0.25) is 14.5 Å². The molecule has 1 aliphatic heterocycles. The van der Waals surface area contributed by atoms with Crippen LogP contribution >= 0.6 is 0 Å². The number of nitrogens with zero attached hydrogens (tertiary/aromatic N) is 2. The van der Waals surface area contributed by atoms with Crippen molar-refractivity contribution in [3.8, 4) is 0 Å². The van der Waals surface area contributed by atoms with Crippen molar-refractivity contribution in [3.05, 3.63) is 46.6 Å². The highest BCUT2D eigenvalue weighted by atomic mass is 16.5. The first-order valence-electron chi connectivity index (χ1n) is 23.0. The Bertz CT molecular complexity index is 1610. The number of esters is 1. The quantitative estimate of drug-likeness (QED) is 0.164. The number of carbonyl (C=O) groups excluding carboxylic acids is 2. The summed E-state index contributed by atoms with van der Waals surface area (Å²) in [5.41, 5.74) is 6.69. The molecule has 0 spiro atoms. The molecule has 6 aliphatic rings. The molecule has 5 nitrogen and oxygen atoms in total. The Morgan fingerprint density at radius 3 is 2.05 bits per heavy atom. The van der Waals surface area contributed by atoms with Crippen LogP contribution in [0.2, 0.25) is 0 Å². The number of amides is 1. The van der Waals surface area contributed by atoms with Crippen molar-refractivity contribution in [2.45, 2.75) is 179 Å². The van der Waals surface area contributed by atoms with E-state index in [4.69, 9.17) is 4.74 Å². The molecule has 0 N–H and O–H groups in total. The summed E-state index contributed by atoms with van der Waals surface area (Å²) in [5, 5.41) is 0. The predicted octanol–water partition coefficient (Wildman–Crippen LogP) is 12.3. The molecule has 0 aromatic rings. The van der Waals surface area contributed by atoms with Gasteiger partial charge in [0, 0.05) is 50.5 Å². The Morgan fingerprint density at radius 1 is 0.750 bits per heavy atom. The fraction of sp³-hybridized carbons (Fsp3) is 0.804. The molecular formula is C51H82N2O3. The number of hydrogen-bond acceptors (Lipinski definition) is 4. The molecule has 0 radical (unpaired) electrons. The fourth-order valence-electron chi connectivity index (χ4n) is 14.1. The van der Waals surface area contributed by atoms with Crippen LogP contribution in [-0.2, 0) is 14.3 Å². The van der Waals surface area contributed by atoms with E-state index in [1.165, 1.54) is 42.4 Å². The third-order valence-electron chi connectivity index (χ3n) is 18.1. The van der Waals surface area contributed by atoms with Crippen molar-refractivity contribution in [1.29, 1.82) is 0 Å². The molecule has 56 heavy (non-hydrogen) atoms. The molecule has 0 bridgehead atoms. The normalized spacial score (nSPS) is 40.0. The van der Waals surface area contributed by atoms with Crippen molar-refractivity contribution >= 4 is 11.9 Å². The number of allylic oxidation sites excluding steroid dienone is 7. The Labute approximate surface area is 343 Å². The molecule has 0 aromatic carbocycles. The number of ether oxygens (including phenoxy) is 1. The molecule has 5 fully saturated rings. The van der Waals surface area contributed by atoms with Crippen LogP contribution in [0.1, 0.15) is 173 Å². The summed E-state index contributed by atoms with van der Waals surface area (Å²) in [4.78, 5) is 31.5. The molecule has 314 valence electrons. The van der Waals surface area contributed by atoms with Gasteiger partial charge in [-0.1, -0.05) is 95.1 Å². The summed E-state index contributed by atoms with van der Waals surface area (Å²) in [6.45, 7) is 32.7. The standard InChI is InChI=1S/C51H82N2O3/c1-36(2)15-13-16-37(3)17-14-18-38(4)23-30-52-31-33-53(34-32-52)45(55)48(9)27-26-47(8)28-29-50(11)40(41(47)35-48)19-20-43-49(10)24-22-44(56-39(5)54)46(6,7)42(49)21-25-51(43,50)12/h15,17,19,23,41-44H,13-14,16,18,20-22,24-35H2,1-12H3/b37-17+,38-23+/t41-,42-,43+,44-,47+,48-,49-,50+,51+/m0/s1. The summed E-state index contributed by atoms with van der Waals surface area (Å²) < 4.78 is 5.99. The Kier molecular flexibility index (Phi) is 12.5. The molecule has 4 saturated carbocycles. The molecule has 5 heteroatoms. The molecular weight excluding hydrogens is 689 g/mol. The fourth-order valence-corrected chi connectivity index (χ4v) is 14.1. The average molecular weight is 771 g/mol. The van der Waals surface area contributed by atoms with Crippen LogP contribution < -0.4 is 0 Å². The molecule has 0 aromatic heterocycles. The van der Waals surface area contributed by atoms with E-state index in [0.717, 1.165) is 96.9 Å². The van der Waals surface area contributed by atoms with Crippen molar-refractivity contribution in [2.24, 2.45) is 50.2 Å². The van der Waals surface area contributed by atoms with Gasteiger partial charge in [0.25, 0.3) is 0 Å². The smallest absolute Gasteiger partial charge is 0.302 e. The first-order chi connectivity index (χ1) is 26.2. The number of hydrogen-bond donors (Lipinski definition) is 0. The lowest BCUT2D eigenvalue weighted by atomic mass is 9.33. The lowest BCUT2D eigenvalue weighted by Gasteiger charge is -2.71. The zero-order chi connectivity index (χ0) is 40.9. The van der Waals surface area contributed by atoms with E-state index < -0.39 is 0 Å². The van der Waals surface area contributed by atoms with E-state index in [0.29, 0.717) is 23.7 Å². The minimum atomic E-state index is -0.292. The Balaban J connectivity index is 1.09. The summed E-state index contributed by atoms with van der Waals surface area (Å²) in [7, 11) is 0. The molecule has 1 saturated heterocycles. The summed E-state index contributed by atoms with van der Waals surface area (Å²) in [6, 6.07) is 0. The van der Waals surface area contributed by atoms with Crippen molar-refractivity contribution in [2.75, 3.05) is 32.7 Å². The van der Waals surface area contributed by atoms with Crippen LogP contribution in [0, 0.1) is 50.2 Å². The number of carbonyl (C=O) groups is 2. The highest BCUT2D eigenvalue weighted by Gasteiger charge is 2.68. The number of fused-ring (bicyclic) bond motifs is 7. The van der Waals surface area contributed by atoms with Gasteiger partial charge in [-0.2, -0.15) is 0 Å². The van der Waals surface area contributed by atoms with Gasteiger partial charge in [-0.05, 0) is 157 Å². The van der Waals surface area contributed by atoms with Gasteiger partial charge in [0.05, 0.1) is 0 Å². The molecule has 1 amide bonds. The molecule has 6 rings (SSSR count). The average Bonchev–Trinajstić information content (AvgIpc) is 3.12. The maximum absolute atomic E-state index is 14.6. The third-order valence-corrected chi connectivity index (χ3v) is 18.1. The van der Waals surface area contributed by atoms with Gasteiger partial charge < -0.3 is 9.64 Å². The van der Waals surface area contributed by atoms with Crippen molar-refractivity contribution < 1.29 is 14.3 Å². The van der Waals surface area contributed by atoms with Gasteiger partial charge in [0.1, 0.15) is 6.10 Å². The first-order valence-corrected chi connectivity index (χ1v) is 23.0. The second-order valence-electron chi connectivity index (χ2n) is 22.3. The SMILES string of the molecule is CC(=O)O[C@H]1CC[C@]2(C)[C@H]3CC=C4[C@@H]5C[C@@](C)(C(=O)N6CCN(C/C=C(\C)CC/C=C(\C)CCC=C(C)C)CC6)CC[C@]5(C)CC[C@@]4(C)[C@]3(C)CC[C@H]2C1(C)C. The number of rotatable bonds is 10. The first kappa shape index (κ1) is 43.4. The maximum Gasteiger partial charge on any atom is 0.302 e. The second kappa shape index (κ2) is 16.1. The molecule has 0 unspecified atom stereocenters. The topological polar surface area (TPSA) is 49.9 Å². The highest BCUT2D eigenvalue weighted by molar-refractivity contribution is 5.82. The van der Waals surface area contributed by atoms with E-state index in [-0.39, 0.29) is 44.6 Å². The summed E-state index contributed by atoms with van der Waals surface area (Å²) in [5.74, 6) is 1.94. The minimum Gasteiger partial charge on any atom is -0.462 e. The zero-order valence-corrected chi connectivity index (χ0v) is 38.2. The van der Waals surface area contributed by atoms with Crippen LogP contribution in [0.4, 0.5) is 0 Å². The van der Waals surface area contributed by atoms with Crippen LogP contribution in [-0.4, -0.2) is 60.5 Å². The third kappa shape index (κ3) is 7.95. The van der Waals surface area contributed by atoms with Gasteiger partial charge in [0.2, 0.25) is 5.91 Å². The van der Waals surface area contributed by atoms with E-state index in [2.05, 4.69) is 110 Å². The van der Waals surface area contributed by atoms with Gasteiger partial charge in [-0.15, -0.1) is 0 Å². The largest absolute Gasteiger partial charge is 0.462 e. The summed E-state index contributed by atoms with van der Waals surface area (Å²) in [6.07, 6.45) is 26.0. The van der Waals surface area contributed by atoms with Gasteiger partial charge in [-0.25, -0.2) is 0 Å². The Hall–Kier alpha value is -2.14. The zero-order valence-electron chi connectivity index (χ0n) is 38.2. The Morgan fingerprint density at radius 2 is 1.39 bits per heavy atom. The summed E-state index contributed by atoms with van der Waals surface area (Å²) >= 11 is 0. The van der Waals surface area contributed by atoms with Gasteiger partial charge in [0.15, 0.2) is 0 Å². The van der Waals surface area contributed by atoms with E-state index in [1.54, 1.807) is 12.5 Å². The second-order valence-corrected chi connectivity index (χ2v) is 22.3. The van der Waals surface area contributed by atoms with Crippen LogP contribution in [0.5, 0.6) is 0 Å². The molecule has 1 heterocycles. The van der Waals surface area contributed by atoms with Crippen LogP contribution in [0.15, 0.2) is 46.6 Å². The van der Waals surface area contributed by atoms with Crippen LogP contribution in [0.25, 0.3) is 0 Å². The molecule has 9 atom stereocenters.